The zero-order chi connectivity index (χ0) is 16.9. The Balaban J connectivity index is 1.83. The first-order valence-electron chi connectivity index (χ1n) is 8.10. The normalized spacial score (nSPS) is 22.0. The molecular weight excluding hydrogens is 311 g/mol. The first-order valence-corrected chi connectivity index (χ1v) is 8.10. The molecule has 1 spiro atoms. The average Bonchev–Trinajstić information content (AvgIpc) is 2.86. The monoisotopic (exact) mass is 330 g/mol. The number of amides is 1. The molecule has 7 nitrogen and oxygen atoms in total. The highest BCUT2D eigenvalue weighted by atomic mass is 19.1. The minimum atomic E-state index is -0.703. The molecular formula is C16H19FN6O. The van der Waals surface area contributed by atoms with Crippen LogP contribution in [0.2, 0.25) is 0 Å². The molecule has 24 heavy (non-hydrogen) atoms. The van der Waals surface area contributed by atoms with Crippen LogP contribution in [0.5, 0.6) is 0 Å². The maximum atomic E-state index is 14.8. The first-order chi connectivity index (χ1) is 11.5. The maximum absolute atomic E-state index is 14.8. The quantitative estimate of drug-likeness (QED) is 0.723. The second-order valence-corrected chi connectivity index (χ2v) is 6.50. The molecule has 0 radical (unpaired) electrons. The van der Waals surface area contributed by atoms with Gasteiger partial charge in [-0.1, -0.05) is 6.42 Å². The number of rotatable bonds is 1. The molecule has 1 fully saturated rings. The Kier molecular flexibility index (Phi) is 3.22. The van der Waals surface area contributed by atoms with Gasteiger partial charge in [0, 0.05) is 5.69 Å². The van der Waals surface area contributed by atoms with Crippen LogP contribution < -0.4 is 21.7 Å². The molecule has 1 saturated carbocycles. The number of hydrogen-bond donors (Lipinski definition) is 3. The SMILES string of the molecule is NC1=NC2(CCCCC2)N(c2cc3c(cc2F)CC(=O)N3)C(N)=N1. The Morgan fingerprint density at radius 2 is 1.96 bits per heavy atom. The van der Waals surface area contributed by atoms with E-state index in [1.54, 1.807) is 11.0 Å². The van der Waals surface area contributed by atoms with E-state index in [0.717, 1.165) is 32.1 Å². The molecule has 0 aromatic heterocycles. The van der Waals surface area contributed by atoms with Crippen LogP contribution in [0, 0.1) is 5.82 Å². The molecule has 5 N–H and O–H groups in total. The van der Waals surface area contributed by atoms with Gasteiger partial charge in [-0.2, -0.15) is 4.99 Å². The summed E-state index contributed by atoms with van der Waals surface area (Å²) in [5.41, 5.74) is 12.8. The number of hydrogen-bond acceptors (Lipinski definition) is 6. The van der Waals surface area contributed by atoms with Crippen molar-refractivity contribution in [3.63, 3.8) is 0 Å². The number of carbonyl (C=O) groups is 1. The molecule has 8 heteroatoms. The van der Waals surface area contributed by atoms with Gasteiger partial charge in [0.05, 0.1) is 12.1 Å². The summed E-state index contributed by atoms with van der Waals surface area (Å²) < 4.78 is 14.8. The van der Waals surface area contributed by atoms with Gasteiger partial charge in [-0.3, -0.25) is 9.69 Å². The van der Waals surface area contributed by atoms with Crippen molar-refractivity contribution in [1.29, 1.82) is 0 Å². The zero-order valence-electron chi connectivity index (χ0n) is 13.2. The topological polar surface area (TPSA) is 109 Å². The molecule has 1 aromatic carbocycles. The number of anilines is 2. The molecule has 0 saturated heterocycles. The predicted molar refractivity (Wildman–Crippen MR) is 90.3 cm³/mol. The van der Waals surface area contributed by atoms with Crippen molar-refractivity contribution in [2.75, 3.05) is 10.2 Å². The fourth-order valence-electron chi connectivity index (χ4n) is 3.87. The van der Waals surface area contributed by atoms with Crippen LogP contribution >= 0.6 is 0 Å². The van der Waals surface area contributed by atoms with E-state index in [1.807, 2.05) is 0 Å². The lowest BCUT2D eigenvalue weighted by atomic mass is 9.87. The number of benzene rings is 1. The standard InChI is InChI=1S/C16H19FN6O/c17-10-6-9-7-13(24)20-11(9)8-12(10)23-15(19)21-14(18)22-16(23)4-2-1-3-5-16/h6,8H,1-5,7H2,(H,20,24)(H4,18,19,21,22). The van der Waals surface area contributed by atoms with E-state index in [-0.39, 0.29) is 29.9 Å². The van der Waals surface area contributed by atoms with Crippen molar-refractivity contribution in [3.8, 4) is 0 Å². The molecule has 2 heterocycles. The summed E-state index contributed by atoms with van der Waals surface area (Å²) in [6.45, 7) is 0. The van der Waals surface area contributed by atoms with Gasteiger partial charge in [0.2, 0.25) is 17.8 Å². The molecule has 1 amide bonds. The summed E-state index contributed by atoms with van der Waals surface area (Å²) in [5.74, 6) is -0.325. The highest BCUT2D eigenvalue weighted by Crippen LogP contribution is 2.42. The number of nitrogens with two attached hydrogens (primary N) is 2. The minimum Gasteiger partial charge on any atom is -0.369 e. The molecule has 126 valence electrons. The summed E-state index contributed by atoms with van der Waals surface area (Å²) >= 11 is 0. The van der Waals surface area contributed by atoms with Crippen molar-refractivity contribution >= 4 is 29.2 Å². The third-order valence-corrected chi connectivity index (χ3v) is 4.89. The molecule has 2 aliphatic heterocycles. The Hall–Kier alpha value is -2.64. The largest absolute Gasteiger partial charge is 0.369 e. The number of halogens is 1. The fraction of sp³-hybridized carbons (Fsp3) is 0.438. The van der Waals surface area contributed by atoms with Crippen LogP contribution in [0.1, 0.15) is 37.7 Å². The van der Waals surface area contributed by atoms with Crippen molar-refractivity contribution < 1.29 is 9.18 Å². The van der Waals surface area contributed by atoms with Gasteiger partial charge in [0.15, 0.2) is 0 Å². The number of carbonyl (C=O) groups excluding carboxylic acids is 1. The summed E-state index contributed by atoms with van der Waals surface area (Å²) in [5, 5.41) is 2.75. The van der Waals surface area contributed by atoms with E-state index in [1.165, 1.54) is 6.07 Å². The number of guanidine groups is 2. The number of fused-ring (bicyclic) bond motifs is 1. The van der Waals surface area contributed by atoms with E-state index in [2.05, 4.69) is 15.3 Å². The Morgan fingerprint density at radius 3 is 2.71 bits per heavy atom. The van der Waals surface area contributed by atoms with Crippen LogP contribution in [-0.2, 0) is 11.2 Å². The number of nitrogens with one attached hydrogen (secondary N) is 1. The van der Waals surface area contributed by atoms with Gasteiger partial charge >= 0.3 is 0 Å². The molecule has 0 atom stereocenters. The minimum absolute atomic E-state index is 0.125. The smallest absolute Gasteiger partial charge is 0.228 e. The van der Waals surface area contributed by atoms with Gasteiger partial charge in [-0.25, -0.2) is 9.38 Å². The maximum Gasteiger partial charge on any atom is 0.228 e. The van der Waals surface area contributed by atoms with Gasteiger partial charge in [-0.15, -0.1) is 0 Å². The predicted octanol–water partition coefficient (Wildman–Crippen LogP) is 1.43. The highest BCUT2D eigenvalue weighted by Gasteiger charge is 2.43. The van der Waals surface area contributed by atoms with Crippen molar-refractivity contribution in [2.45, 2.75) is 44.2 Å². The fourth-order valence-corrected chi connectivity index (χ4v) is 3.87. The Labute approximate surface area is 138 Å². The van der Waals surface area contributed by atoms with E-state index >= 15 is 0 Å². The average molecular weight is 330 g/mol. The summed E-state index contributed by atoms with van der Waals surface area (Å²) in [6.07, 6.45) is 4.67. The summed E-state index contributed by atoms with van der Waals surface area (Å²) in [6, 6.07) is 3.00. The lowest BCUT2D eigenvalue weighted by Crippen LogP contribution is -2.58. The second kappa shape index (κ2) is 5.19. The van der Waals surface area contributed by atoms with Crippen LogP contribution in [-0.4, -0.2) is 23.5 Å². The third kappa shape index (κ3) is 2.21. The van der Waals surface area contributed by atoms with Gasteiger partial charge < -0.3 is 16.8 Å². The third-order valence-electron chi connectivity index (χ3n) is 4.89. The molecule has 1 aromatic rings. The highest BCUT2D eigenvalue weighted by molar-refractivity contribution is 6.07. The van der Waals surface area contributed by atoms with Gasteiger partial charge in [0.1, 0.15) is 11.5 Å². The molecule has 1 aliphatic carbocycles. The van der Waals surface area contributed by atoms with Crippen molar-refractivity contribution in [1.82, 2.24) is 0 Å². The lowest BCUT2D eigenvalue weighted by Gasteiger charge is -2.45. The number of nitrogens with zero attached hydrogens (tertiary/aromatic N) is 3. The van der Waals surface area contributed by atoms with Crippen LogP contribution in [0.25, 0.3) is 0 Å². The lowest BCUT2D eigenvalue weighted by molar-refractivity contribution is -0.115. The number of aliphatic imine (C=N–C) groups is 2. The zero-order valence-corrected chi connectivity index (χ0v) is 13.2. The second-order valence-electron chi connectivity index (χ2n) is 6.50. The van der Waals surface area contributed by atoms with Crippen LogP contribution in [0.3, 0.4) is 0 Å². The summed E-state index contributed by atoms with van der Waals surface area (Å²) in [4.78, 5) is 21.8. The van der Waals surface area contributed by atoms with E-state index in [9.17, 15) is 9.18 Å². The van der Waals surface area contributed by atoms with Crippen molar-refractivity contribution in [2.24, 2.45) is 21.5 Å². The summed E-state index contributed by atoms with van der Waals surface area (Å²) in [7, 11) is 0. The van der Waals surface area contributed by atoms with Gasteiger partial charge in [-0.05, 0) is 43.4 Å². The molecule has 0 unspecified atom stereocenters. The Bertz CT molecular complexity index is 781. The molecule has 3 aliphatic rings. The van der Waals surface area contributed by atoms with Crippen LogP contribution in [0.15, 0.2) is 22.1 Å². The van der Waals surface area contributed by atoms with Crippen LogP contribution in [0.4, 0.5) is 15.8 Å². The molecule has 0 bridgehead atoms. The van der Waals surface area contributed by atoms with Gasteiger partial charge in [0.25, 0.3) is 0 Å². The van der Waals surface area contributed by atoms with E-state index in [4.69, 9.17) is 11.5 Å². The van der Waals surface area contributed by atoms with Crippen molar-refractivity contribution in [3.05, 3.63) is 23.5 Å². The first kappa shape index (κ1) is 14.9. The molecule has 4 rings (SSSR count). The van der Waals surface area contributed by atoms with E-state index < -0.39 is 11.5 Å². The van der Waals surface area contributed by atoms with E-state index in [0.29, 0.717) is 11.3 Å². The Morgan fingerprint density at radius 1 is 1.21 bits per heavy atom.